The lowest BCUT2D eigenvalue weighted by Crippen LogP contribution is -2.04. The number of hydrogen-bond acceptors (Lipinski definition) is 6. The molecule has 0 radical (unpaired) electrons. The molecule has 0 fully saturated rings. The molecule has 0 atom stereocenters. The summed E-state index contributed by atoms with van der Waals surface area (Å²) in [4.78, 5) is 13.9. The van der Waals surface area contributed by atoms with Crippen molar-refractivity contribution in [3.63, 3.8) is 0 Å². The molecule has 0 spiro atoms. The summed E-state index contributed by atoms with van der Waals surface area (Å²) in [5.41, 5.74) is 7.73. The molecule has 0 saturated carbocycles. The molecule has 0 aliphatic rings. The molecule has 0 amide bonds. The third kappa shape index (κ3) is 3.17. The quantitative estimate of drug-likeness (QED) is 0.716. The Morgan fingerprint density at radius 1 is 0.955 bits per heavy atom. The van der Waals surface area contributed by atoms with Crippen LogP contribution in [0.3, 0.4) is 0 Å². The predicted molar refractivity (Wildman–Crippen MR) is 89.3 cm³/mol. The topological polar surface area (TPSA) is 76.7 Å². The van der Waals surface area contributed by atoms with E-state index in [-0.39, 0.29) is 0 Å². The first-order chi connectivity index (χ1) is 10.7. The van der Waals surface area contributed by atoms with Gasteiger partial charge in [0.15, 0.2) is 5.82 Å². The van der Waals surface area contributed by atoms with Gasteiger partial charge in [-0.1, -0.05) is 36.0 Å². The van der Waals surface area contributed by atoms with Crippen LogP contribution in [-0.2, 0) is 0 Å². The summed E-state index contributed by atoms with van der Waals surface area (Å²) in [5, 5.41) is 3.89. The highest BCUT2D eigenvalue weighted by atomic mass is 32.2. The minimum absolute atomic E-state index is 0.515. The number of pyridine rings is 1. The van der Waals surface area contributed by atoms with E-state index in [4.69, 9.17) is 5.73 Å². The Labute approximate surface area is 133 Å². The van der Waals surface area contributed by atoms with Crippen LogP contribution in [-0.4, -0.2) is 15.0 Å². The van der Waals surface area contributed by atoms with Crippen LogP contribution in [0, 0.1) is 6.92 Å². The van der Waals surface area contributed by atoms with Crippen LogP contribution in [0.5, 0.6) is 0 Å². The van der Waals surface area contributed by atoms with E-state index in [2.05, 4.69) is 20.3 Å². The van der Waals surface area contributed by atoms with Crippen molar-refractivity contribution in [1.29, 1.82) is 0 Å². The molecule has 2 aromatic heterocycles. The summed E-state index contributed by atoms with van der Waals surface area (Å²) < 4.78 is 0. The van der Waals surface area contributed by atoms with E-state index in [9.17, 15) is 0 Å². The molecule has 22 heavy (non-hydrogen) atoms. The van der Waals surface area contributed by atoms with Crippen molar-refractivity contribution < 1.29 is 0 Å². The Kier molecular flexibility index (Phi) is 4.20. The highest BCUT2D eigenvalue weighted by molar-refractivity contribution is 7.99. The first kappa shape index (κ1) is 14.3. The maximum Gasteiger partial charge on any atom is 0.159 e. The zero-order chi connectivity index (χ0) is 15.4. The van der Waals surface area contributed by atoms with E-state index < -0.39 is 0 Å². The SMILES string of the molecule is Cc1cccnc1Nc1ncnc(Sc2ccccc2)c1N. The van der Waals surface area contributed by atoms with Crippen LogP contribution >= 0.6 is 11.8 Å². The molecular weight excluding hydrogens is 294 g/mol. The van der Waals surface area contributed by atoms with Crippen molar-refractivity contribution in [2.45, 2.75) is 16.8 Å². The summed E-state index contributed by atoms with van der Waals surface area (Å²) >= 11 is 1.51. The number of nitrogens with one attached hydrogen (secondary N) is 1. The Bertz CT molecular complexity index is 776. The average Bonchev–Trinajstić information content (AvgIpc) is 2.54. The summed E-state index contributed by atoms with van der Waals surface area (Å²) in [6, 6.07) is 13.8. The second-order valence-corrected chi connectivity index (χ2v) is 5.71. The molecular formula is C16H15N5S. The van der Waals surface area contributed by atoms with Gasteiger partial charge in [0, 0.05) is 11.1 Å². The van der Waals surface area contributed by atoms with E-state index in [1.165, 1.54) is 18.1 Å². The monoisotopic (exact) mass is 309 g/mol. The Morgan fingerprint density at radius 3 is 2.55 bits per heavy atom. The molecule has 6 heteroatoms. The molecule has 0 aliphatic heterocycles. The number of nitrogen functional groups attached to an aromatic ring is 1. The highest BCUT2D eigenvalue weighted by Gasteiger charge is 2.11. The van der Waals surface area contributed by atoms with Gasteiger partial charge >= 0.3 is 0 Å². The average molecular weight is 309 g/mol. The normalized spacial score (nSPS) is 10.4. The van der Waals surface area contributed by atoms with Crippen molar-refractivity contribution in [2.75, 3.05) is 11.1 Å². The lowest BCUT2D eigenvalue weighted by Gasteiger charge is -2.11. The minimum Gasteiger partial charge on any atom is -0.394 e. The maximum absolute atomic E-state index is 6.19. The molecule has 1 aromatic carbocycles. The number of anilines is 3. The third-order valence-corrected chi connectivity index (χ3v) is 4.08. The van der Waals surface area contributed by atoms with Gasteiger partial charge in [-0.05, 0) is 30.7 Å². The lowest BCUT2D eigenvalue weighted by atomic mass is 10.3. The van der Waals surface area contributed by atoms with Gasteiger partial charge in [-0.15, -0.1) is 0 Å². The van der Waals surface area contributed by atoms with E-state index in [0.717, 1.165) is 21.3 Å². The second-order valence-electron chi connectivity index (χ2n) is 4.65. The predicted octanol–water partition coefficient (Wildman–Crippen LogP) is 3.66. The Balaban J connectivity index is 1.88. The van der Waals surface area contributed by atoms with Gasteiger partial charge in [0.1, 0.15) is 22.9 Å². The van der Waals surface area contributed by atoms with E-state index in [1.54, 1.807) is 6.20 Å². The van der Waals surface area contributed by atoms with Gasteiger partial charge in [-0.2, -0.15) is 0 Å². The smallest absolute Gasteiger partial charge is 0.159 e. The van der Waals surface area contributed by atoms with Crippen molar-refractivity contribution in [2.24, 2.45) is 0 Å². The number of benzene rings is 1. The molecule has 3 aromatic rings. The third-order valence-electron chi connectivity index (χ3n) is 3.05. The van der Waals surface area contributed by atoms with Gasteiger partial charge in [0.25, 0.3) is 0 Å². The maximum atomic E-state index is 6.19. The number of aromatic nitrogens is 3. The molecule has 5 nitrogen and oxygen atoms in total. The molecule has 110 valence electrons. The minimum atomic E-state index is 0.515. The van der Waals surface area contributed by atoms with Gasteiger partial charge in [-0.3, -0.25) is 0 Å². The molecule has 3 N–H and O–H groups in total. The van der Waals surface area contributed by atoms with Crippen molar-refractivity contribution in [3.05, 3.63) is 60.6 Å². The van der Waals surface area contributed by atoms with Gasteiger partial charge in [0.2, 0.25) is 0 Å². The molecule has 0 unspecified atom stereocenters. The van der Waals surface area contributed by atoms with E-state index >= 15 is 0 Å². The number of aryl methyl sites for hydroxylation is 1. The summed E-state index contributed by atoms with van der Waals surface area (Å²) in [7, 11) is 0. The first-order valence-electron chi connectivity index (χ1n) is 6.76. The Hall–Kier alpha value is -2.60. The van der Waals surface area contributed by atoms with Crippen molar-refractivity contribution in [3.8, 4) is 0 Å². The van der Waals surface area contributed by atoms with Crippen LogP contribution in [0.1, 0.15) is 5.56 Å². The van der Waals surface area contributed by atoms with Crippen LogP contribution in [0.2, 0.25) is 0 Å². The number of nitrogens with zero attached hydrogens (tertiary/aromatic N) is 3. The fourth-order valence-electron chi connectivity index (χ4n) is 1.89. The van der Waals surface area contributed by atoms with Gasteiger partial charge in [0.05, 0.1) is 0 Å². The van der Waals surface area contributed by atoms with Crippen LogP contribution in [0.25, 0.3) is 0 Å². The zero-order valence-electron chi connectivity index (χ0n) is 12.0. The molecule has 3 rings (SSSR count). The summed E-state index contributed by atoms with van der Waals surface area (Å²) in [6.45, 7) is 1.98. The fourth-order valence-corrected chi connectivity index (χ4v) is 2.71. The molecule has 0 aliphatic carbocycles. The standard InChI is InChI=1S/C16H15N5S/c1-11-6-5-9-18-14(11)21-15-13(17)16(20-10-19-15)22-12-7-3-2-4-8-12/h2-10H,17H2,1H3,(H,18,19,20,21). The van der Waals surface area contributed by atoms with Crippen LogP contribution in [0.15, 0.2) is 64.9 Å². The number of hydrogen-bond donors (Lipinski definition) is 2. The fraction of sp³-hybridized carbons (Fsp3) is 0.0625. The zero-order valence-corrected chi connectivity index (χ0v) is 12.8. The van der Waals surface area contributed by atoms with Gasteiger partial charge in [-0.25, -0.2) is 15.0 Å². The molecule has 2 heterocycles. The molecule has 0 saturated heterocycles. The van der Waals surface area contributed by atoms with Gasteiger partial charge < -0.3 is 11.1 Å². The summed E-state index contributed by atoms with van der Waals surface area (Å²) in [5.74, 6) is 1.30. The van der Waals surface area contributed by atoms with E-state index in [0.29, 0.717) is 11.5 Å². The number of nitrogens with two attached hydrogens (primary N) is 1. The second kappa shape index (κ2) is 6.44. The van der Waals surface area contributed by atoms with E-state index in [1.807, 2.05) is 49.4 Å². The lowest BCUT2D eigenvalue weighted by molar-refractivity contribution is 1.05. The largest absolute Gasteiger partial charge is 0.394 e. The van der Waals surface area contributed by atoms with Crippen molar-refractivity contribution >= 4 is 29.1 Å². The van der Waals surface area contributed by atoms with Crippen LogP contribution in [0.4, 0.5) is 17.3 Å². The van der Waals surface area contributed by atoms with Crippen molar-refractivity contribution in [1.82, 2.24) is 15.0 Å². The molecule has 0 bridgehead atoms. The first-order valence-corrected chi connectivity index (χ1v) is 7.57. The Morgan fingerprint density at radius 2 is 1.77 bits per heavy atom. The number of rotatable bonds is 4. The summed E-state index contributed by atoms with van der Waals surface area (Å²) in [6.07, 6.45) is 3.23. The van der Waals surface area contributed by atoms with Crippen LogP contribution < -0.4 is 11.1 Å². The highest BCUT2D eigenvalue weighted by Crippen LogP contribution is 2.33.